The molecule has 0 aliphatic heterocycles. The highest BCUT2D eigenvalue weighted by Crippen LogP contribution is 2.57. The Bertz CT molecular complexity index is 1840. The van der Waals surface area contributed by atoms with E-state index in [1.54, 1.807) is 12.1 Å². The average molecular weight is 600 g/mol. The second-order valence-electron chi connectivity index (χ2n) is 9.04. The van der Waals surface area contributed by atoms with E-state index in [1.807, 2.05) is 72.8 Å². The molecule has 5 heteroatoms. The third kappa shape index (κ3) is 2.97. The monoisotopic (exact) mass is 598 g/mol. The Labute approximate surface area is 223 Å². The standard InChI is InChI=1S/C31H17Br2FO2/c32-18-11-14-21-24(15-18)31(35,23-7-3-1-5-20(23)17-9-12-19(34)13-10-17)25-16-26(33)29-22-6-2-4-8-27(22)36-30(29)28(21)25/h1-16,35H. The first-order chi connectivity index (χ1) is 17.5. The van der Waals surface area contributed by atoms with Crippen LogP contribution >= 0.6 is 31.9 Å². The van der Waals surface area contributed by atoms with Gasteiger partial charge in [-0.05, 0) is 69.0 Å². The highest BCUT2D eigenvalue weighted by atomic mass is 79.9. The zero-order valence-corrected chi connectivity index (χ0v) is 21.9. The van der Waals surface area contributed by atoms with Crippen LogP contribution in [0, 0.1) is 5.82 Å². The fourth-order valence-corrected chi connectivity index (χ4v) is 6.54. The lowest BCUT2D eigenvalue weighted by Crippen LogP contribution is -2.27. The third-order valence-corrected chi connectivity index (χ3v) is 8.22. The molecule has 1 aromatic heterocycles. The first kappa shape index (κ1) is 22.0. The largest absolute Gasteiger partial charge is 0.455 e. The molecule has 0 amide bonds. The van der Waals surface area contributed by atoms with Crippen LogP contribution in [0.25, 0.3) is 44.2 Å². The van der Waals surface area contributed by atoms with Crippen molar-refractivity contribution in [2.75, 3.05) is 0 Å². The van der Waals surface area contributed by atoms with Gasteiger partial charge in [0.2, 0.25) is 0 Å². The average Bonchev–Trinajstić information content (AvgIpc) is 3.39. The number of fused-ring (bicyclic) bond motifs is 7. The molecule has 0 bridgehead atoms. The van der Waals surface area contributed by atoms with E-state index in [1.165, 1.54) is 12.1 Å². The minimum absolute atomic E-state index is 0.299. The maximum atomic E-state index is 13.7. The summed E-state index contributed by atoms with van der Waals surface area (Å²) in [4.78, 5) is 0. The summed E-state index contributed by atoms with van der Waals surface area (Å²) in [5, 5.41) is 14.8. The summed E-state index contributed by atoms with van der Waals surface area (Å²) >= 11 is 7.40. The van der Waals surface area contributed by atoms with E-state index in [0.29, 0.717) is 0 Å². The molecule has 1 atom stereocenters. The molecule has 0 fully saturated rings. The molecular weight excluding hydrogens is 583 g/mol. The van der Waals surface area contributed by atoms with Gasteiger partial charge in [0.05, 0.1) is 0 Å². The van der Waals surface area contributed by atoms with Crippen molar-refractivity contribution in [2.24, 2.45) is 0 Å². The molecule has 5 aromatic carbocycles. The van der Waals surface area contributed by atoms with Crippen LogP contribution in [0.5, 0.6) is 0 Å². The summed E-state index contributed by atoms with van der Waals surface area (Å²) in [5.41, 5.74) is 5.75. The van der Waals surface area contributed by atoms with Crippen molar-refractivity contribution in [3.05, 3.63) is 129 Å². The predicted octanol–water partition coefficient (Wildman–Crippen LogP) is 9.18. The summed E-state index contributed by atoms with van der Waals surface area (Å²) in [5.74, 6) is -0.299. The Morgan fingerprint density at radius 2 is 1.47 bits per heavy atom. The van der Waals surface area contributed by atoms with Crippen LogP contribution in [-0.4, -0.2) is 5.11 Å². The fraction of sp³-hybridized carbons (Fsp3) is 0.0323. The lowest BCUT2D eigenvalue weighted by Gasteiger charge is -2.29. The Kier molecular flexibility index (Phi) is 4.81. The zero-order valence-electron chi connectivity index (χ0n) is 18.7. The van der Waals surface area contributed by atoms with Crippen LogP contribution in [-0.2, 0) is 5.60 Å². The van der Waals surface area contributed by atoms with Gasteiger partial charge in [0, 0.05) is 42.0 Å². The molecule has 0 radical (unpaired) electrons. The lowest BCUT2D eigenvalue weighted by atomic mass is 9.80. The summed E-state index contributed by atoms with van der Waals surface area (Å²) in [6.45, 7) is 0. The second kappa shape index (κ2) is 7.87. The molecule has 1 aliphatic carbocycles. The maximum Gasteiger partial charge on any atom is 0.144 e. The second-order valence-corrected chi connectivity index (χ2v) is 10.8. The van der Waals surface area contributed by atoms with E-state index >= 15 is 0 Å². The molecule has 7 rings (SSSR count). The highest BCUT2D eigenvalue weighted by Gasteiger charge is 2.46. The molecule has 1 N–H and O–H groups in total. The van der Waals surface area contributed by atoms with E-state index in [0.717, 1.165) is 69.8 Å². The van der Waals surface area contributed by atoms with E-state index in [2.05, 4.69) is 31.9 Å². The number of hydrogen-bond acceptors (Lipinski definition) is 2. The van der Waals surface area contributed by atoms with E-state index < -0.39 is 5.60 Å². The van der Waals surface area contributed by atoms with Crippen molar-refractivity contribution >= 4 is 53.8 Å². The number of benzene rings is 5. The minimum atomic E-state index is -1.46. The van der Waals surface area contributed by atoms with Crippen LogP contribution in [0.4, 0.5) is 4.39 Å². The smallest absolute Gasteiger partial charge is 0.144 e. The molecular formula is C31H17Br2FO2. The number of hydrogen-bond donors (Lipinski definition) is 1. The summed E-state index contributed by atoms with van der Waals surface area (Å²) < 4.78 is 21.9. The van der Waals surface area contributed by atoms with Gasteiger partial charge in [0.15, 0.2) is 0 Å². The molecule has 36 heavy (non-hydrogen) atoms. The van der Waals surface area contributed by atoms with Gasteiger partial charge < -0.3 is 9.52 Å². The molecule has 174 valence electrons. The molecule has 6 aromatic rings. The van der Waals surface area contributed by atoms with Gasteiger partial charge in [0.25, 0.3) is 0 Å². The first-order valence-electron chi connectivity index (χ1n) is 11.5. The van der Waals surface area contributed by atoms with Crippen molar-refractivity contribution in [2.45, 2.75) is 5.60 Å². The summed E-state index contributed by atoms with van der Waals surface area (Å²) in [6.07, 6.45) is 0. The normalized spacial score (nSPS) is 16.4. The van der Waals surface area contributed by atoms with Gasteiger partial charge in [-0.15, -0.1) is 0 Å². The van der Waals surface area contributed by atoms with Gasteiger partial charge in [0.1, 0.15) is 22.6 Å². The van der Waals surface area contributed by atoms with Crippen molar-refractivity contribution in [1.82, 2.24) is 0 Å². The predicted molar refractivity (Wildman–Crippen MR) is 148 cm³/mol. The molecule has 2 nitrogen and oxygen atoms in total. The number of aliphatic hydroxyl groups is 1. The van der Waals surface area contributed by atoms with Crippen LogP contribution < -0.4 is 0 Å². The SMILES string of the molecule is OC1(c2ccccc2-c2ccc(F)cc2)c2cc(Br)ccc2-c2c1cc(Br)c1c2oc2ccccc21. The Morgan fingerprint density at radius 3 is 2.31 bits per heavy atom. The zero-order chi connectivity index (χ0) is 24.6. The first-order valence-corrected chi connectivity index (χ1v) is 13.1. The van der Waals surface area contributed by atoms with Crippen molar-refractivity contribution in [3.8, 4) is 22.3 Å². The van der Waals surface area contributed by atoms with Crippen LogP contribution in [0.1, 0.15) is 16.7 Å². The van der Waals surface area contributed by atoms with Crippen LogP contribution in [0.3, 0.4) is 0 Å². The molecule has 0 saturated carbocycles. The van der Waals surface area contributed by atoms with Gasteiger partial charge in [-0.1, -0.05) is 76.6 Å². The number of rotatable bonds is 2. The molecule has 0 saturated heterocycles. The van der Waals surface area contributed by atoms with Crippen molar-refractivity contribution < 1.29 is 13.9 Å². The number of furan rings is 1. The fourth-order valence-electron chi connectivity index (χ4n) is 5.55. The molecule has 1 heterocycles. The molecule has 1 aliphatic rings. The topological polar surface area (TPSA) is 33.4 Å². The molecule has 1 unspecified atom stereocenters. The van der Waals surface area contributed by atoms with Gasteiger partial charge in [-0.3, -0.25) is 0 Å². The lowest BCUT2D eigenvalue weighted by molar-refractivity contribution is 0.131. The van der Waals surface area contributed by atoms with Gasteiger partial charge in [-0.25, -0.2) is 4.39 Å². The highest BCUT2D eigenvalue weighted by molar-refractivity contribution is 9.11. The van der Waals surface area contributed by atoms with Crippen molar-refractivity contribution in [3.63, 3.8) is 0 Å². The summed E-state index contributed by atoms with van der Waals surface area (Å²) in [7, 11) is 0. The third-order valence-electron chi connectivity index (χ3n) is 7.10. The van der Waals surface area contributed by atoms with E-state index in [-0.39, 0.29) is 5.82 Å². The summed E-state index contributed by atoms with van der Waals surface area (Å²) in [6, 6.07) is 30.1. The minimum Gasteiger partial charge on any atom is -0.455 e. The number of para-hydroxylation sites is 1. The Hall–Kier alpha value is -3.25. The molecule has 0 spiro atoms. The Balaban J connectivity index is 1.62. The number of halogens is 3. The van der Waals surface area contributed by atoms with Crippen LogP contribution in [0.2, 0.25) is 0 Å². The van der Waals surface area contributed by atoms with Gasteiger partial charge >= 0.3 is 0 Å². The van der Waals surface area contributed by atoms with Crippen molar-refractivity contribution in [1.29, 1.82) is 0 Å². The van der Waals surface area contributed by atoms with E-state index in [4.69, 9.17) is 4.42 Å². The van der Waals surface area contributed by atoms with Gasteiger partial charge in [-0.2, -0.15) is 0 Å². The maximum absolute atomic E-state index is 13.7. The van der Waals surface area contributed by atoms with E-state index in [9.17, 15) is 9.50 Å². The Morgan fingerprint density at radius 1 is 0.722 bits per heavy atom. The van der Waals surface area contributed by atoms with Crippen LogP contribution in [0.15, 0.2) is 110 Å². The quantitative estimate of drug-likeness (QED) is 0.215.